The molecule has 2 N–H and O–H groups in total. The summed E-state index contributed by atoms with van der Waals surface area (Å²) in [6, 6.07) is 0.736. The van der Waals surface area contributed by atoms with Gasteiger partial charge in [0.1, 0.15) is 0 Å². The summed E-state index contributed by atoms with van der Waals surface area (Å²) in [7, 11) is 1.46. The lowest BCUT2D eigenvalue weighted by Crippen LogP contribution is -2.37. The Balaban J connectivity index is 1.91. The van der Waals surface area contributed by atoms with Crippen LogP contribution in [0.2, 0.25) is 0 Å². The smallest absolute Gasteiger partial charge is 0.333 e. The number of nitrogens with two attached hydrogens (primary N) is 1. The highest BCUT2D eigenvalue weighted by atomic mass is 16.5. The Bertz CT molecular complexity index is 362. The van der Waals surface area contributed by atoms with Crippen molar-refractivity contribution in [1.82, 2.24) is 4.90 Å². The van der Waals surface area contributed by atoms with Crippen molar-refractivity contribution in [3.63, 3.8) is 0 Å². The largest absolute Gasteiger partial charge is 0.466 e. The molecule has 2 aliphatic rings. The minimum atomic E-state index is -0.174. The second-order valence-corrected chi connectivity index (χ2v) is 6.43. The average molecular weight is 294 g/mol. The van der Waals surface area contributed by atoms with E-state index >= 15 is 0 Å². The van der Waals surface area contributed by atoms with Crippen LogP contribution in [0.3, 0.4) is 0 Å². The predicted molar refractivity (Wildman–Crippen MR) is 84.9 cm³/mol. The summed E-state index contributed by atoms with van der Waals surface area (Å²) in [4.78, 5) is 14.5. The van der Waals surface area contributed by atoms with Crippen molar-refractivity contribution in [2.24, 2.45) is 11.7 Å². The van der Waals surface area contributed by atoms with Gasteiger partial charge in [0, 0.05) is 11.6 Å². The second-order valence-electron chi connectivity index (χ2n) is 6.43. The van der Waals surface area contributed by atoms with Crippen molar-refractivity contribution >= 4 is 5.97 Å². The van der Waals surface area contributed by atoms with Gasteiger partial charge in [0.25, 0.3) is 0 Å². The number of carbonyl (C=O) groups excluding carboxylic acids is 1. The summed E-state index contributed by atoms with van der Waals surface area (Å²) in [6.45, 7) is 3.12. The van der Waals surface area contributed by atoms with Gasteiger partial charge in [-0.25, -0.2) is 4.79 Å². The van der Waals surface area contributed by atoms with E-state index in [1.165, 1.54) is 58.7 Å². The molecule has 4 heteroatoms. The normalized spacial score (nSPS) is 27.8. The monoisotopic (exact) mass is 294 g/mol. The Hall–Kier alpha value is -0.870. The number of methoxy groups -OCH3 is 1. The quantitative estimate of drug-likeness (QED) is 0.604. The van der Waals surface area contributed by atoms with Crippen LogP contribution >= 0.6 is 0 Å². The lowest BCUT2D eigenvalue weighted by Gasteiger charge is -2.35. The highest BCUT2D eigenvalue weighted by Crippen LogP contribution is 2.33. The minimum Gasteiger partial charge on any atom is -0.466 e. The Morgan fingerprint density at radius 2 is 2.05 bits per heavy atom. The van der Waals surface area contributed by atoms with Crippen molar-refractivity contribution in [1.29, 1.82) is 0 Å². The first kappa shape index (κ1) is 16.5. The van der Waals surface area contributed by atoms with E-state index < -0.39 is 0 Å². The molecule has 21 heavy (non-hydrogen) atoms. The number of carbonyl (C=O) groups is 1. The Morgan fingerprint density at radius 1 is 1.29 bits per heavy atom. The van der Waals surface area contributed by atoms with E-state index in [2.05, 4.69) is 4.90 Å². The van der Waals surface area contributed by atoms with Gasteiger partial charge in [-0.05, 0) is 64.1 Å². The fraction of sp³-hybridized carbons (Fsp3) is 0.824. The molecule has 1 saturated carbocycles. The minimum absolute atomic E-state index is 0.174. The highest BCUT2D eigenvalue weighted by Gasteiger charge is 2.29. The van der Waals surface area contributed by atoms with E-state index in [1.807, 2.05) is 6.08 Å². The number of ether oxygens (including phenoxy) is 1. The first-order chi connectivity index (χ1) is 10.2. The molecule has 0 aromatic carbocycles. The van der Waals surface area contributed by atoms with E-state index in [-0.39, 0.29) is 5.97 Å². The van der Waals surface area contributed by atoms with Crippen LogP contribution in [0.15, 0.2) is 11.6 Å². The molecule has 1 aliphatic heterocycles. The number of nitrogens with zero attached hydrogens (tertiary/aromatic N) is 1. The maximum atomic E-state index is 11.9. The summed E-state index contributed by atoms with van der Waals surface area (Å²) in [5.74, 6) is 0.444. The van der Waals surface area contributed by atoms with Gasteiger partial charge in [0.05, 0.1) is 7.11 Å². The SMILES string of the molecule is COC(=O)/C(=C\CCN)C[C@@H]1CCC[C@@H](N2CCCC2)C1. The van der Waals surface area contributed by atoms with Crippen LogP contribution < -0.4 is 5.73 Å². The van der Waals surface area contributed by atoms with Gasteiger partial charge in [-0.2, -0.15) is 0 Å². The van der Waals surface area contributed by atoms with Crippen molar-refractivity contribution in [3.8, 4) is 0 Å². The zero-order valence-electron chi connectivity index (χ0n) is 13.4. The van der Waals surface area contributed by atoms with Gasteiger partial charge in [0.2, 0.25) is 0 Å². The van der Waals surface area contributed by atoms with Crippen molar-refractivity contribution in [2.45, 2.75) is 57.4 Å². The van der Waals surface area contributed by atoms with Crippen LogP contribution in [0.4, 0.5) is 0 Å². The van der Waals surface area contributed by atoms with E-state index in [0.29, 0.717) is 12.5 Å². The zero-order valence-corrected chi connectivity index (χ0v) is 13.4. The van der Waals surface area contributed by atoms with Gasteiger partial charge in [-0.15, -0.1) is 0 Å². The highest BCUT2D eigenvalue weighted by molar-refractivity contribution is 5.88. The zero-order chi connectivity index (χ0) is 15.1. The molecule has 0 aromatic rings. The Morgan fingerprint density at radius 3 is 2.71 bits per heavy atom. The van der Waals surface area contributed by atoms with Gasteiger partial charge in [0.15, 0.2) is 0 Å². The van der Waals surface area contributed by atoms with Crippen LogP contribution in [-0.4, -0.2) is 43.7 Å². The second kappa shape index (κ2) is 8.54. The van der Waals surface area contributed by atoms with Crippen LogP contribution in [0.5, 0.6) is 0 Å². The Labute approximate surface area is 128 Å². The molecule has 0 radical (unpaired) electrons. The van der Waals surface area contributed by atoms with Crippen LogP contribution in [0.1, 0.15) is 51.4 Å². The molecule has 2 fully saturated rings. The molecule has 1 aliphatic carbocycles. The number of hydrogen-bond acceptors (Lipinski definition) is 4. The number of hydrogen-bond donors (Lipinski definition) is 1. The van der Waals surface area contributed by atoms with Crippen molar-refractivity contribution in [3.05, 3.63) is 11.6 Å². The molecule has 0 unspecified atom stereocenters. The van der Waals surface area contributed by atoms with E-state index in [9.17, 15) is 4.79 Å². The molecule has 0 aromatic heterocycles. The third kappa shape index (κ3) is 4.82. The molecule has 120 valence electrons. The summed E-state index contributed by atoms with van der Waals surface area (Å²) in [6.07, 6.45) is 11.4. The molecule has 1 saturated heterocycles. The van der Waals surface area contributed by atoms with Crippen LogP contribution in [0, 0.1) is 5.92 Å². The molecular weight excluding hydrogens is 264 g/mol. The summed E-state index contributed by atoms with van der Waals surface area (Å²) < 4.78 is 4.92. The lowest BCUT2D eigenvalue weighted by molar-refractivity contribution is -0.136. The van der Waals surface area contributed by atoms with E-state index in [1.54, 1.807) is 0 Å². The van der Waals surface area contributed by atoms with Crippen molar-refractivity contribution < 1.29 is 9.53 Å². The van der Waals surface area contributed by atoms with Gasteiger partial charge in [-0.1, -0.05) is 18.9 Å². The topological polar surface area (TPSA) is 55.6 Å². The van der Waals surface area contributed by atoms with Crippen LogP contribution in [0.25, 0.3) is 0 Å². The molecule has 0 bridgehead atoms. The number of rotatable bonds is 6. The lowest BCUT2D eigenvalue weighted by atomic mass is 9.81. The van der Waals surface area contributed by atoms with Crippen LogP contribution in [-0.2, 0) is 9.53 Å². The number of likely N-dealkylation sites (tertiary alicyclic amines) is 1. The molecule has 2 atom stereocenters. The molecule has 0 spiro atoms. The first-order valence-corrected chi connectivity index (χ1v) is 8.46. The maximum Gasteiger partial charge on any atom is 0.333 e. The van der Waals surface area contributed by atoms with Gasteiger partial charge in [-0.3, -0.25) is 0 Å². The molecular formula is C17H30N2O2. The fourth-order valence-corrected chi connectivity index (χ4v) is 3.84. The Kier molecular flexibility index (Phi) is 6.71. The maximum absolute atomic E-state index is 11.9. The third-order valence-electron chi connectivity index (χ3n) is 4.93. The fourth-order valence-electron chi connectivity index (χ4n) is 3.84. The van der Waals surface area contributed by atoms with Crippen molar-refractivity contribution in [2.75, 3.05) is 26.7 Å². The predicted octanol–water partition coefficient (Wildman–Crippen LogP) is 2.48. The van der Waals surface area contributed by atoms with E-state index in [0.717, 1.165) is 24.5 Å². The summed E-state index contributed by atoms with van der Waals surface area (Å²) in [5, 5.41) is 0. The summed E-state index contributed by atoms with van der Waals surface area (Å²) >= 11 is 0. The molecule has 4 nitrogen and oxygen atoms in total. The average Bonchev–Trinajstić information content (AvgIpc) is 3.05. The third-order valence-corrected chi connectivity index (χ3v) is 4.93. The molecule has 2 rings (SSSR count). The molecule has 1 heterocycles. The van der Waals surface area contributed by atoms with Gasteiger partial charge >= 0.3 is 5.97 Å². The first-order valence-electron chi connectivity index (χ1n) is 8.46. The number of esters is 1. The molecule has 0 amide bonds. The van der Waals surface area contributed by atoms with Gasteiger partial charge < -0.3 is 15.4 Å². The summed E-state index contributed by atoms with van der Waals surface area (Å²) in [5.41, 5.74) is 6.38. The van der Waals surface area contributed by atoms with E-state index in [4.69, 9.17) is 10.5 Å². The standard InChI is InChI=1S/C17H30N2O2/c1-21-17(20)15(7-5-9-18)12-14-6-4-8-16(13-14)19-10-2-3-11-19/h7,14,16H,2-6,8-13,18H2,1H3/b15-7-/t14-,16+/m0/s1.